The van der Waals surface area contributed by atoms with Gasteiger partial charge >= 0.3 is 0 Å². The molecule has 1 aliphatic rings. The van der Waals surface area contributed by atoms with Crippen LogP contribution in [0.5, 0.6) is 0 Å². The molecule has 0 saturated heterocycles. The minimum absolute atomic E-state index is 0.274. The Bertz CT molecular complexity index is 418. The third-order valence-electron chi connectivity index (χ3n) is 3.55. The molecule has 1 saturated carbocycles. The Labute approximate surface area is 102 Å². The van der Waals surface area contributed by atoms with Gasteiger partial charge in [0.2, 0.25) is 0 Å². The minimum Gasteiger partial charge on any atom is -0.396 e. The fraction of sp³-hybridized carbons (Fsp3) is 0.500. The summed E-state index contributed by atoms with van der Waals surface area (Å²) in [5.41, 5.74) is 2.12. The van der Waals surface area contributed by atoms with Crippen molar-refractivity contribution in [3.05, 3.63) is 35.4 Å². The van der Waals surface area contributed by atoms with E-state index < -0.39 is 0 Å². The molecule has 0 atom stereocenters. The summed E-state index contributed by atoms with van der Waals surface area (Å²) in [5.74, 6) is 0. The van der Waals surface area contributed by atoms with Crippen molar-refractivity contribution in [2.24, 2.45) is 5.41 Å². The number of aliphatic hydroxyl groups is 1. The summed E-state index contributed by atoms with van der Waals surface area (Å²) in [4.78, 5) is 0. The van der Waals surface area contributed by atoms with Gasteiger partial charge in [-0.2, -0.15) is 5.26 Å². The number of nitrogens with one attached hydrogen (secondary N) is 1. The van der Waals surface area contributed by atoms with Crippen LogP contribution in [0.2, 0.25) is 0 Å². The SMILES string of the molecule is N#Cc1ccccc1CNCC1(CCO)CC1. The maximum absolute atomic E-state index is 8.97. The van der Waals surface area contributed by atoms with Crippen LogP contribution in [0.4, 0.5) is 0 Å². The molecular formula is C14H18N2O. The fourth-order valence-electron chi connectivity index (χ4n) is 2.17. The lowest BCUT2D eigenvalue weighted by molar-refractivity contribution is 0.245. The van der Waals surface area contributed by atoms with Crippen LogP contribution in [0.3, 0.4) is 0 Å². The highest BCUT2D eigenvalue weighted by Crippen LogP contribution is 2.47. The normalized spacial score (nSPS) is 16.5. The van der Waals surface area contributed by atoms with Gasteiger partial charge < -0.3 is 10.4 Å². The van der Waals surface area contributed by atoms with Crippen molar-refractivity contribution in [3.63, 3.8) is 0 Å². The van der Waals surface area contributed by atoms with Crippen LogP contribution in [0.1, 0.15) is 30.4 Å². The highest BCUT2D eigenvalue weighted by atomic mass is 16.3. The molecule has 1 aromatic rings. The number of nitriles is 1. The van der Waals surface area contributed by atoms with E-state index >= 15 is 0 Å². The van der Waals surface area contributed by atoms with Crippen molar-refractivity contribution in [1.82, 2.24) is 5.32 Å². The van der Waals surface area contributed by atoms with Crippen LogP contribution in [-0.2, 0) is 6.54 Å². The summed E-state index contributed by atoms with van der Waals surface area (Å²) in [6, 6.07) is 9.87. The van der Waals surface area contributed by atoms with Crippen molar-refractivity contribution < 1.29 is 5.11 Å². The monoisotopic (exact) mass is 230 g/mol. The van der Waals surface area contributed by atoms with E-state index in [2.05, 4.69) is 11.4 Å². The number of hydrogen-bond acceptors (Lipinski definition) is 3. The molecule has 2 N–H and O–H groups in total. The van der Waals surface area contributed by atoms with Crippen molar-refractivity contribution >= 4 is 0 Å². The first-order chi connectivity index (χ1) is 8.29. The van der Waals surface area contributed by atoms with Crippen LogP contribution >= 0.6 is 0 Å². The molecule has 0 bridgehead atoms. The van der Waals surface area contributed by atoms with Gasteiger partial charge in [0.25, 0.3) is 0 Å². The second-order valence-electron chi connectivity index (χ2n) is 4.85. The largest absolute Gasteiger partial charge is 0.396 e. The Morgan fingerprint density at radius 1 is 1.35 bits per heavy atom. The van der Waals surface area contributed by atoms with Gasteiger partial charge in [-0.05, 0) is 36.3 Å². The summed E-state index contributed by atoms with van der Waals surface area (Å²) in [6.07, 6.45) is 3.31. The Kier molecular flexibility index (Phi) is 3.78. The number of rotatable bonds is 6. The summed E-state index contributed by atoms with van der Waals surface area (Å²) >= 11 is 0. The molecule has 0 heterocycles. The molecule has 0 aromatic heterocycles. The predicted octanol–water partition coefficient (Wildman–Crippen LogP) is 1.81. The fourth-order valence-corrected chi connectivity index (χ4v) is 2.17. The molecule has 1 aromatic carbocycles. The van der Waals surface area contributed by atoms with E-state index in [1.54, 1.807) is 0 Å². The standard InChI is InChI=1S/C14H18N2O/c15-9-12-3-1-2-4-13(12)10-16-11-14(5-6-14)7-8-17/h1-4,16-17H,5-8,10-11H2. The molecule has 0 unspecified atom stereocenters. The van der Waals surface area contributed by atoms with Gasteiger partial charge in [0.1, 0.15) is 0 Å². The smallest absolute Gasteiger partial charge is 0.0995 e. The lowest BCUT2D eigenvalue weighted by atomic mass is 10.0. The minimum atomic E-state index is 0.274. The van der Waals surface area contributed by atoms with Gasteiger partial charge in [0.15, 0.2) is 0 Å². The number of nitrogens with zero attached hydrogens (tertiary/aromatic N) is 1. The second kappa shape index (κ2) is 5.31. The number of hydrogen-bond donors (Lipinski definition) is 2. The third kappa shape index (κ3) is 3.06. The molecular weight excluding hydrogens is 212 g/mol. The summed E-state index contributed by atoms with van der Waals surface area (Å²) in [5, 5.41) is 21.3. The Morgan fingerprint density at radius 2 is 2.12 bits per heavy atom. The number of benzene rings is 1. The predicted molar refractivity (Wildman–Crippen MR) is 66.2 cm³/mol. The molecule has 1 fully saturated rings. The molecule has 90 valence electrons. The second-order valence-corrected chi connectivity index (χ2v) is 4.85. The van der Waals surface area contributed by atoms with Crippen LogP contribution in [0.15, 0.2) is 24.3 Å². The Morgan fingerprint density at radius 3 is 2.76 bits per heavy atom. The Hall–Kier alpha value is -1.37. The highest BCUT2D eigenvalue weighted by Gasteiger charge is 2.41. The van der Waals surface area contributed by atoms with E-state index in [0.29, 0.717) is 5.41 Å². The zero-order chi connectivity index (χ0) is 12.1. The first-order valence-corrected chi connectivity index (χ1v) is 6.09. The molecule has 3 nitrogen and oxygen atoms in total. The van der Waals surface area contributed by atoms with Crippen molar-refractivity contribution in [2.45, 2.75) is 25.8 Å². The molecule has 3 heteroatoms. The Balaban J connectivity index is 1.84. The van der Waals surface area contributed by atoms with Crippen molar-refractivity contribution in [3.8, 4) is 6.07 Å². The summed E-state index contributed by atoms with van der Waals surface area (Å²) in [6.45, 7) is 1.95. The zero-order valence-corrected chi connectivity index (χ0v) is 9.95. The van der Waals surface area contributed by atoms with Gasteiger partial charge in [-0.25, -0.2) is 0 Å². The molecule has 0 spiro atoms. The van der Waals surface area contributed by atoms with E-state index in [-0.39, 0.29) is 6.61 Å². The van der Waals surface area contributed by atoms with Gasteiger partial charge in [0, 0.05) is 19.7 Å². The van der Waals surface area contributed by atoms with E-state index in [4.69, 9.17) is 10.4 Å². The highest BCUT2D eigenvalue weighted by molar-refractivity contribution is 5.37. The van der Waals surface area contributed by atoms with Gasteiger partial charge in [-0.3, -0.25) is 0 Å². The van der Waals surface area contributed by atoms with Crippen LogP contribution in [-0.4, -0.2) is 18.3 Å². The van der Waals surface area contributed by atoms with E-state index in [9.17, 15) is 0 Å². The molecule has 17 heavy (non-hydrogen) atoms. The first-order valence-electron chi connectivity index (χ1n) is 6.09. The first kappa shape index (κ1) is 12.1. The third-order valence-corrected chi connectivity index (χ3v) is 3.55. The van der Waals surface area contributed by atoms with Crippen LogP contribution in [0, 0.1) is 16.7 Å². The summed E-state index contributed by atoms with van der Waals surface area (Å²) in [7, 11) is 0. The topological polar surface area (TPSA) is 56.0 Å². The molecule has 0 aliphatic heterocycles. The van der Waals surface area contributed by atoms with E-state index in [1.165, 1.54) is 12.8 Å². The average Bonchev–Trinajstić information content (AvgIpc) is 3.10. The maximum atomic E-state index is 8.97. The molecule has 2 rings (SSSR count). The van der Waals surface area contributed by atoms with E-state index in [1.807, 2.05) is 24.3 Å². The molecule has 1 aliphatic carbocycles. The van der Waals surface area contributed by atoms with Crippen molar-refractivity contribution in [2.75, 3.05) is 13.2 Å². The molecule has 0 radical (unpaired) electrons. The van der Waals surface area contributed by atoms with Crippen LogP contribution in [0.25, 0.3) is 0 Å². The van der Waals surface area contributed by atoms with E-state index in [0.717, 1.165) is 30.6 Å². The maximum Gasteiger partial charge on any atom is 0.0995 e. The molecule has 0 amide bonds. The lowest BCUT2D eigenvalue weighted by Crippen LogP contribution is -2.24. The lowest BCUT2D eigenvalue weighted by Gasteiger charge is -2.14. The van der Waals surface area contributed by atoms with Crippen molar-refractivity contribution in [1.29, 1.82) is 5.26 Å². The van der Waals surface area contributed by atoms with Gasteiger partial charge in [0.05, 0.1) is 11.6 Å². The quantitative estimate of drug-likeness (QED) is 0.783. The number of aliphatic hydroxyl groups excluding tert-OH is 1. The van der Waals surface area contributed by atoms with Crippen LogP contribution < -0.4 is 5.32 Å². The average molecular weight is 230 g/mol. The van der Waals surface area contributed by atoms with Gasteiger partial charge in [-0.1, -0.05) is 18.2 Å². The summed E-state index contributed by atoms with van der Waals surface area (Å²) < 4.78 is 0. The zero-order valence-electron chi connectivity index (χ0n) is 9.95. The van der Waals surface area contributed by atoms with Gasteiger partial charge in [-0.15, -0.1) is 0 Å².